The lowest BCUT2D eigenvalue weighted by molar-refractivity contribution is -0.150. The second-order valence-electron chi connectivity index (χ2n) is 8.76. The quantitative estimate of drug-likeness (QED) is 0.231. The van der Waals surface area contributed by atoms with Gasteiger partial charge in [-0.05, 0) is 47.2 Å². The second kappa shape index (κ2) is 11.0. The summed E-state index contributed by atoms with van der Waals surface area (Å²) in [4.78, 5) is 49.8. The van der Waals surface area contributed by atoms with Crippen molar-refractivity contribution >= 4 is 47.3 Å². The summed E-state index contributed by atoms with van der Waals surface area (Å²) in [5.41, 5.74) is 6.26. The molecule has 3 heterocycles. The van der Waals surface area contributed by atoms with Gasteiger partial charge < -0.3 is 21.3 Å². The van der Waals surface area contributed by atoms with E-state index in [-0.39, 0.29) is 28.4 Å². The number of hydrogen-bond donors (Lipinski definition) is 4. The summed E-state index contributed by atoms with van der Waals surface area (Å²) >= 11 is 2.48. The molecule has 4 atom stereocenters. The highest BCUT2D eigenvalue weighted by atomic mass is 32.2. The molecule has 1 saturated heterocycles. The SMILES string of the molecule is NCC1CCCCC1CC(=O)N[C@@H]1C(=O)N2C(C(=O)O)=C(CSc3nnnn3CC(=O)O)CS[C@H]12. The topological polar surface area (TPSA) is 194 Å². The fourth-order valence-electron chi connectivity index (χ4n) is 4.81. The highest BCUT2D eigenvalue weighted by molar-refractivity contribution is 8.01. The van der Waals surface area contributed by atoms with Crippen LogP contribution in [0.4, 0.5) is 0 Å². The van der Waals surface area contributed by atoms with Gasteiger partial charge in [-0.1, -0.05) is 24.6 Å². The van der Waals surface area contributed by atoms with Crippen LogP contribution in [0.3, 0.4) is 0 Å². The molecule has 5 N–H and O–H groups in total. The highest BCUT2D eigenvalue weighted by Gasteiger charge is 2.54. The maximum absolute atomic E-state index is 12.9. The molecule has 2 aliphatic heterocycles. The first-order valence-corrected chi connectivity index (χ1v) is 13.3. The molecule has 1 aromatic rings. The van der Waals surface area contributed by atoms with Gasteiger partial charge in [-0.25, -0.2) is 9.48 Å². The van der Waals surface area contributed by atoms with Gasteiger partial charge in [0.25, 0.3) is 5.91 Å². The van der Waals surface area contributed by atoms with Crippen LogP contribution in [-0.4, -0.2) is 88.5 Å². The Morgan fingerprint density at radius 2 is 1.94 bits per heavy atom. The van der Waals surface area contributed by atoms with Crippen LogP contribution in [0.1, 0.15) is 32.1 Å². The minimum absolute atomic E-state index is 0.107. The number of amides is 2. The number of thioether (sulfide) groups is 2. The largest absolute Gasteiger partial charge is 0.480 e. The summed E-state index contributed by atoms with van der Waals surface area (Å²) in [5.74, 6) is -1.98. The third-order valence-corrected chi connectivity index (χ3v) is 8.93. The van der Waals surface area contributed by atoms with Crippen molar-refractivity contribution in [3.05, 3.63) is 11.3 Å². The number of carbonyl (C=O) groups excluding carboxylic acids is 2. The van der Waals surface area contributed by atoms with Gasteiger partial charge in [-0.2, -0.15) is 0 Å². The molecule has 2 amide bonds. The molecule has 35 heavy (non-hydrogen) atoms. The molecule has 0 spiro atoms. The third kappa shape index (κ3) is 5.46. The van der Waals surface area contributed by atoms with E-state index < -0.39 is 35.8 Å². The van der Waals surface area contributed by atoms with Gasteiger partial charge >= 0.3 is 11.9 Å². The molecule has 2 fully saturated rings. The van der Waals surface area contributed by atoms with Crippen molar-refractivity contribution < 1.29 is 29.4 Å². The summed E-state index contributed by atoms with van der Waals surface area (Å²) < 4.78 is 1.11. The Balaban J connectivity index is 1.40. The summed E-state index contributed by atoms with van der Waals surface area (Å²) in [7, 11) is 0. The molecule has 0 aromatic carbocycles. The van der Waals surface area contributed by atoms with Crippen molar-refractivity contribution in [2.75, 3.05) is 18.1 Å². The summed E-state index contributed by atoms with van der Waals surface area (Å²) in [6.07, 6.45) is 4.46. The van der Waals surface area contributed by atoms with E-state index in [4.69, 9.17) is 10.8 Å². The maximum Gasteiger partial charge on any atom is 0.352 e. The van der Waals surface area contributed by atoms with E-state index in [1.165, 1.54) is 16.7 Å². The number of aliphatic carboxylic acids is 2. The molecule has 2 unspecified atom stereocenters. The van der Waals surface area contributed by atoms with Crippen LogP contribution < -0.4 is 11.1 Å². The predicted octanol–water partition coefficient (Wildman–Crippen LogP) is -0.256. The zero-order chi connectivity index (χ0) is 25.1. The maximum atomic E-state index is 12.9. The molecule has 13 nitrogen and oxygen atoms in total. The van der Waals surface area contributed by atoms with E-state index in [9.17, 15) is 24.3 Å². The molecule has 4 rings (SSSR count). The molecule has 0 radical (unpaired) electrons. The summed E-state index contributed by atoms with van der Waals surface area (Å²) in [5, 5.41) is 32.2. The van der Waals surface area contributed by atoms with Gasteiger partial charge in [0.15, 0.2) is 0 Å². The number of nitrogens with zero attached hydrogens (tertiary/aromatic N) is 5. The third-order valence-electron chi connectivity index (χ3n) is 6.54. The van der Waals surface area contributed by atoms with Crippen LogP contribution in [0.15, 0.2) is 16.4 Å². The number of rotatable bonds is 10. The molecule has 0 bridgehead atoms. The Kier molecular flexibility index (Phi) is 7.96. The van der Waals surface area contributed by atoms with E-state index in [1.807, 2.05) is 0 Å². The second-order valence-corrected chi connectivity index (χ2v) is 10.8. The molecule has 1 aliphatic carbocycles. The highest BCUT2D eigenvalue weighted by Crippen LogP contribution is 2.41. The first-order valence-electron chi connectivity index (χ1n) is 11.3. The number of carbonyl (C=O) groups is 4. The summed E-state index contributed by atoms with van der Waals surface area (Å²) in [6.45, 7) is 0.124. The van der Waals surface area contributed by atoms with Crippen LogP contribution in [0.25, 0.3) is 0 Å². The minimum Gasteiger partial charge on any atom is -0.480 e. The standard InChI is InChI=1S/C20H27N7O6S2/c21-6-11-4-2-1-3-10(11)5-13(28)22-15-17(31)27-16(19(32)33)12(8-34-18(15)27)9-35-20-23-24-25-26(20)7-14(29)30/h10-11,15,18H,1-9,21H2,(H,22,28)(H,29,30)(H,32,33)/t10?,11?,15-,18-/m1/s1. The fourth-order valence-corrected chi connectivity index (χ4v) is 7.17. The Hall–Kier alpha value is -2.65. The van der Waals surface area contributed by atoms with E-state index in [0.29, 0.717) is 30.2 Å². The van der Waals surface area contributed by atoms with E-state index in [2.05, 4.69) is 20.8 Å². The lowest BCUT2D eigenvalue weighted by Gasteiger charge is -2.49. The van der Waals surface area contributed by atoms with Gasteiger partial charge in [0, 0.05) is 17.9 Å². The number of carboxylic acid groups (broad SMARTS) is 2. The Morgan fingerprint density at radius 1 is 1.20 bits per heavy atom. The van der Waals surface area contributed by atoms with Gasteiger partial charge in [-0.3, -0.25) is 19.3 Å². The van der Waals surface area contributed by atoms with Gasteiger partial charge in [-0.15, -0.1) is 16.9 Å². The zero-order valence-corrected chi connectivity index (χ0v) is 20.5. The van der Waals surface area contributed by atoms with Crippen molar-refractivity contribution in [3.8, 4) is 0 Å². The Morgan fingerprint density at radius 3 is 2.63 bits per heavy atom. The van der Waals surface area contributed by atoms with Crippen molar-refractivity contribution in [3.63, 3.8) is 0 Å². The van der Waals surface area contributed by atoms with Gasteiger partial charge in [0.1, 0.15) is 23.7 Å². The number of hydrogen-bond acceptors (Lipinski definition) is 10. The smallest absolute Gasteiger partial charge is 0.352 e. The van der Waals surface area contributed by atoms with Crippen molar-refractivity contribution in [2.45, 2.75) is 55.2 Å². The van der Waals surface area contributed by atoms with E-state index in [0.717, 1.165) is 42.1 Å². The number of nitrogens with two attached hydrogens (primary N) is 1. The molecule has 190 valence electrons. The van der Waals surface area contributed by atoms with Crippen molar-refractivity contribution in [2.24, 2.45) is 17.6 Å². The average molecular weight is 526 g/mol. The number of β-lactam (4-membered cyclic amide) rings is 1. The number of tetrazole rings is 1. The first kappa shape index (κ1) is 25.4. The number of nitrogens with one attached hydrogen (secondary N) is 1. The molecular weight excluding hydrogens is 498 g/mol. The van der Waals surface area contributed by atoms with Crippen molar-refractivity contribution in [1.29, 1.82) is 0 Å². The lowest BCUT2D eigenvalue weighted by Crippen LogP contribution is -2.70. The van der Waals surface area contributed by atoms with E-state index in [1.54, 1.807) is 0 Å². The first-order chi connectivity index (χ1) is 16.8. The van der Waals surface area contributed by atoms with Gasteiger partial charge in [0.2, 0.25) is 11.1 Å². The van der Waals surface area contributed by atoms with E-state index >= 15 is 0 Å². The average Bonchev–Trinajstić information content (AvgIpc) is 3.26. The van der Waals surface area contributed by atoms with Crippen LogP contribution >= 0.6 is 23.5 Å². The van der Waals surface area contributed by atoms with Crippen LogP contribution in [-0.2, 0) is 25.7 Å². The van der Waals surface area contributed by atoms with Crippen molar-refractivity contribution in [1.82, 2.24) is 30.4 Å². The Bertz CT molecular complexity index is 1050. The molecule has 1 aromatic heterocycles. The fraction of sp³-hybridized carbons (Fsp3) is 0.650. The van der Waals surface area contributed by atoms with Gasteiger partial charge in [0.05, 0.1) is 0 Å². The predicted molar refractivity (Wildman–Crippen MR) is 125 cm³/mol. The van der Waals surface area contributed by atoms with Crippen LogP contribution in [0, 0.1) is 11.8 Å². The molecule has 15 heteroatoms. The minimum atomic E-state index is -1.23. The molecular formula is C20H27N7O6S2. The number of carboxylic acids is 2. The monoisotopic (exact) mass is 525 g/mol. The zero-order valence-electron chi connectivity index (χ0n) is 18.8. The normalized spacial score (nSPS) is 26.2. The Labute approximate surface area is 209 Å². The van der Waals surface area contributed by atoms with Crippen LogP contribution in [0.5, 0.6) is 0 Å². The van der Waals surface area contributed by atoms with Crippen LogP contribution in [0.2, 0.25) is 0 Å². The number of fused-ring (bicyclic) bond motifs is 1. The molecule has 3 aliphatic rings. The summed E-state index contributed by atoms with van der Waals surface area (Å²) in [6, 6.07) is -0.765. The number of aromatic nitrogens is 4. The lowest BCUT2D eigenvalue weighted by atomic mass is 9.77. The molecule has 1 saturated carbocycles.